The Hall–Kier alpha value is -2.73. The second-order valence-corrected chi connectivity index (χ2v) is 8.70. The van der Waals surface area contributed by atoms with Gasteiger partial charge in [-0.2, -0.15) is 0 Å². The minimum absolute atomic E-state index is 0.0172. The number of aromatic nitrogens is 2. The summed E-state index contributed by atoms with van der Waals surface area (Å²) in [6, 6.07) is 16.3. The molecule has 0 unspecified atom stereocenters. The fourth-order valence-corrected chi connectivity index (χ4v) is 3.99. The second kappa shape index (κ2) is 8.96. The number of anilines is 2. The summed E-state index contributed by atoms with van der Waals surface area (Å²) in [5.41, 5.74) is 5.19. The highest BCUT2D eigenvalue weighted by Crippen LogP contribution is 2.27. The van der Waals surface area contributed by atoms with E-state index in [-0.39, 0.29) is 11.8 Å². The summed E-state index contributed by atoms with van der Waals surface area (Å²) >= 11 is 3.50. The number of amides is 1. The van der Waals surface area contributed by atoms with Crippen LogP contribution in [0.3, 0.4) is 0 Å². The number of piperidine rings is 1. The molecule has 1 fully saturated rings. The van der Waals surface area contributed by atoms with Crippen molar-refractivity contribution in [2.24, 2.45) is 5.92 Å². The van der Waals surface area contributed by atoms with Gasteiger partial charge in [0.15, 0.2) is 0 Å². The quantitative estimate of drug-likeness (QED) is 0.562. The molecular formula is C24H25BrN4O. The number of hydrogen-bond acceptors (Lipinski definition) is 4. The van der Waals surface area contributed by atoms with E-state index in [1.807, 2.05) is 31.2 Å². The van der Waals surface area contributed by atoms with Gasteiger partial charge in [-0.15, -0.1) is 0 Å². The van der Waals surface area contributed by atoms with E-state index in [4.69, 9.17) is 0 Å². The average Bonchev–Trinajstić information content (AvgIpc) is 2.77. The molecule has 0 atom stereocenters. The predicted octanol–water partition coefficient (Wildman–Crippen LogP) is 5.38. The van der Waals surface area contributed by atoms with Gasteiger partial charge >= 0.3 is 0 Å². The molecule has 3 aromatic rings. The molecule has 4 rings (SSSR count). The lowest BCUT2D eigenvalue weighted by atomic mass is 9.95. The zero-order valence-electron chi connectivity index (χ0n) is 17.2. The van der Waals surface area contributed by atoms with Crippen LogP contribution >= 0.6 is 15.9 Å². The first-order valence-corrected chi connectivity index (χ1v) is 11.0. The normalized spacial score (nSPS) is 14.6. The molecule has 154 valence electrons. The maximum Gasteiger partial charge on any atom is 0.227 e. The Morgan fingerprint density at radius 2 is 1.77 bits per heavy atom. The number of halogens is 1. The Labute approximate surface area is 185 Å². The van der Waals surface area contributed by atoms with Crippen LogP contribution in [0.25, 0.3) is 11.3 Å². The van der Waals surface area contributed by atoms with Gasteiger partial charge in [-0.1, -0.05) is 45.8 Å². The third kappa shape index (κ3) is 4.70. The lowest BCUT2D eigenvalue weighted by Gasteiger charge is -2.32. The van der Waals surface area contributed by atoms with Crippen molar-refractivity contribution < 1.29 is 4.79 Å². The molecule has 0 saturated carbocycles. The van der Waals surface area contributed by atoms with E-state index in [0.29, 0.717) is 0 Å². The van der Waals surface area contributed by atoms with E-state index in [0.717, 1.165) is 58.7 Å². The molecule has 1 aromatic heterocycles. The van der Waals surface area contributed by atoms with Gasteiger partial charge in [-0.05, 0) is 50.5 Å². The summed E-state index contributed by atoms with van der Waals surface area (Å²) in [5.74, 6) is 1.03. The lowest BCUT2D eigenvalue weighted by molar-refractivity contribution is -0.120. The molecule has 2 aromatic carbocycles. The standard InChI is InChI=1S/C24H25BrN4O/c1-16-3-5-18(6-4-16)22-14-23(27-15-26-22)29-11-9-19(10-12-29)24(30)28-20-7-8-21(25)17(2)13-20/h3-8,13-15,19H,9-12H2,1-2H3,(H,28,30). The molecular weight excluding hydrogens is 440 g/mol. The van der Waals surface area contributed by atoms with Crippen LogP contribution in [0.15, 0.2) is 59.3 Å². The first-order valence-electron chi connectivity index (χ1n) is 10.2. The number of rotatable bonds is 4. The van der Waals surface area contributed by atoms with E-state index in [1.54, 1.807) is 6.33 Å². The van der Waals surface area contributed by atoms with Crippen molar-refractivity contribution in [1.29, 1.82) is 0 Å². The SMILES string of the molecule is Cc1ccc(-c2cc(N3CCC(C(=O)Nc4ccc(Br)c(C)c4)CC3)ncn2)cc1. The molecule has 0 aliphatic carbocycles. The summed E-state index contributed by atoms with van der Waals surface area (Å²) in [5, 5.41) is 3.07. The number of benzene rings is 2. The zero-order chi connectivity index (χ0) is 21.1. The highest BCUT2D eigenvalue weighted by atomic mass is 79.9. The number of hydrogen-bond donors (Lipinski definition) is 1. The minimum Gasteiger partial charge on any atom is -0.356 e. The van der Waals surface area contributed by atoms with Crippen LogP contribution in [0, 0.1) is 19.8 Å². The first-order chi connectivity index (χ1) is 14.5. The van der Waals surface area contributed by atoms with E-state index >= 15 is 0 Å². The maximum atomic E-state index is 12.7. The first kappa shape index (κ1) is 20.5. The molecule has 2 heterocycles. The van der Waals surface area contributed by atoms with Crippen molar-refractivity contribution in [3.63, 3.8) is 0 Å². The van der Waals surface area contributed by atoms with Gasteiger partial charge in [0.05, 0.1) is 5.69 Å². The molecule has 0 spiro atoms. The Kier molecular flexibility index (Phi) is 6.13. The number of nitrogens with one attached hydrogen (secondary N) is 1. The van der Waals surface area contributed by atoms with Crippen LogP contribution in [0.2, 0.25) is 0 Å². The predicted molar refractivity (Wildman–Crippen MR) is 125 cm³/mol. The number of aryl methyl sites for hydroxylation is 2. The molecule has 1 aliphatic heterocycles. The Morgan fingerprint density at radius 3 is 2.47 bits per heavy atom. The van der Waals surface area contributed by atoms with Crippen molar-refractivity contribution in [2.75, 3.05) is 23.3 Å². The van der Waals surface area contributed by atoms with Gasteiger partial charge in [0, 0.05) is 40.8 Å². The molecule has 0 bridgehead atoms. The van der Waals surface area contributed by atoms with Gasteiger partial charge in [0.2, 0.25) is 5.91 Å². The minimum atomic E-state index is 0.0172. The smallest absolute Gasteiger partial charge is 0.227 e. The highest BCUT2D eigenvalue weighted by Gasteiger charge is 2.26. The van der Waals surface area contributed by atoms with Gasteiger partial charge < -0.3 is 10.2 Å². The number of carbonyl (C=O) groups excluding carboxylic acids is 1. The van der Waals surface area contributed by atoms with E-state index in [2.05, 4.69) is 67.3 Å². The van der Waals surface area contributed by atoms with Gasteiger partial charge in [-0.25, -0.2) is 9.97 Å². The molecule has 1 saturated heterocycles. The Morgan fingerprint density at radius 1 is 1.03 bits per heavy atom. The van der Waals surface area contributed by atoms with Gasteiger partial charge in [0.1, 0.15) is 12.1 Å². The molecule has 5 nitrogen and oxygen atoms in total. The van der Waals surface area contributed by atoms with Crippen LogP contribution in [0.1, 0.15) is 24.0 Å². The van der Waals surface area contributed by atoms with Crippen LogP contribution in [-0.4, -0.2) is 29.0 Å². The third-order valence-corrected chi connectivity index (χ3v) is 6.50. The van der Waals surface area contributed by atoms with E-state index in [9.17, 15) is 4.79 Å². The zero-order valence-corrected chi connectivity index (χ0v) is 18.8. The summed E-state index contributed by atoms with van der Waals surface area (Å²) in [7, 11) is 0. The number of carbonyl (C=O) groups is 1. The topological polar surface area (TPSA) is 58.1 Å². The fourth-order valence-electron chi connectivity index (χ4n) is 3.74. The van der Waals surface area contributed by atoms with E-state index in [1.165, 1.54) is 5.56 Å². The van der Waals surface area contributed by atoms with Crippen LogP contribution in [-0.2, 0) is 4.79 Å². The van der Waals surface area contributed by atoms with Crippen molar-refractivity contribution in [3.05, 3.63) is 70.5 Å². The summed E-state index contributed by atoms with van der Waals surface area (Å²) < 4.78 is 1.05. The Bertz CT molecular complexity index is 1040. The van der Waals surface area contributed by atoms with Gasteiger partial charge in [0.25, 0.3) is 0 Å². The summed E-state index contributed by atoms with van der Waals surface area (Å²) in [4.78, 5) is 23.9. The van der Waals surface area contributed by atoms with Crippen LogP contribution in [0.5, 0.6) is 0 Å². The second-order valence-electron chi connectivity index (χ2n) is 7.84. The summed E-state index contributed by atoms with van der Waals surface area (Å²) in [6.45, 7) is 5.71. The van der Waals surface area contributed by atoms with Crippen molar-refractivity contribution in [2.45, 2.75) is 26.7 Å². The molecule has 0 radical (unpaired) electrons. The lowest BCUT2D eigenvalue weighted by Crippen LogP contribution is -2.38. The van der Waals surface area contributed by atoms with E-state index < -0.39 is 0 Å². The molecule has 1 aliphatic rings. The fraction of sp³-hybridized carbons (Fsp3) is 0.292. The average molecular weight is 465 g/mol. The molecule has 30 heavy (non-hydrogen) atoms. The van der Waals surface area contributed by atoms with Crippen LogP contribution in [0.4, 0.5) is 11.5 Å². The summed E-state index contributed by atoms with van der Waals surface area (Å²) in [6.07, 6.45) is 3.25. The maximum absolute atomic E-state index is 12.7. The van der Waals surface area contributed by atoms with Crippen molar-refractivity contribution in [1.82, 2.24) is 9.97 Å². The third-order valence-electron chi connectivity index (χ3n) is 5.62. The molecule has 6 heteroatoms. The van der Waals surface area contributed by atoms with Crippen molar-refractivity contribution >= 4 is 33.3 Å². The largest absolute Gasteiger partial charge is 0.356 e. The number of nitrogens with zero attached hydrogens (tertiary/aromatic N) is 3. The van der Waals surface area contributed by atoms with Crippen LogP contribution < -0.4 is 10.2 Å². The highest BCUT2D eigenvalue weighted by molar-refractivity contribution is 9.10. The van der Waals surface area contributed by atoms with Crippen molar-refractivity contribution in [3.8, 4) is 11.3 Å². The monoisotopic (exact) mass is 464 g/mol. The Balaban J connectivity index is 1.38. The molecule has 1 amide bonds. The van der Waals surface area contributed by atoms with Gasteiger partial charge in [-0.3, -0.25) is 4.79 Å². The molecule has 1 N–H and O–H groups in total.